The first-order chi connectivity index (χ1) is 9.01. The van der Waals surface area contributed by atoms with Crippen LogP contribution in [0.25, 0.3) is 0 Å². The van der Waals surface area contributed by atoms with Crippen molar-refractivity contribution in [3.63, 3.8) is 0 Å². The lowest BCUT2D eigenvalue weighted by molar-refractivity contribution is -0.384. The molecule has 0 N–H and O–H groups in total. The highest BCUT2D eigenvalue weighted by molar-refractivity contribution is 6.00. The Labute approximate surface area is 112 Å². The summed E-state index contributed by atoms with van der Waals surface area (Å²) in [5.41, 5.74) is 1.04. The Hall–Kier alpha value is -2.17. The van der Waals surface area contributed by atoms with E-state index in [-0.39, 0.29) is 11.5 Å². The summed E-state index contributed by atoms with van der Waals surface area (Å²) < 4.78 is 0. The third kappa shape index (κ3) is 3.64. The minimum Gasteiger partial charge on any atom is -0.367 e. The first-order valence-corrected chi connectivity index (χ1v) is 6.16. The van der Waals surface area contributed by atoms with Gasteiger partial charge in [0.15, 0.2) is 5.78 Å². The van der Waals surface area contributed by atoms with Crippen LogP contribution in [0.5, 0.6) is 0 Å². The molecule has 0 atom stereocenters. The van der Waals surface area contributed by atoms with Crippen LogP contribution < -0.4 is 4.90 Å². The number of non-ortho nitro benzene ring substituents is 1. The maximum atomic E-state index is 11.7. The second-order valence-electron chi connectivity index (χ2n) is 4.25. The highest BCUT2D eigenvalue weighted by Gasteiger charge is 2.17. The van der Waals surface area contributed by atoms with Crippen molar-refractivity contribution >= 4 is 17.2 Å². The molecule has 0 saturated heterocycles. The number of hydrogen-bond acceptors (Lipinski definition) is 4. The maximum Gasteiger partial charge on any atom is 0.270 e. The van der Waals surface area contributed by atoms with Gasteiger partial charge in [0.1, 0.15) is 0 Å². The summed E-state index contributed by atoms with van der Waals surface area (Å²) in [7, 11) is 0. The van der Waals surface area contributed by atoms with E-state index in [1.807, 2.05) is 11.8 Å². The Morgan fingerprint density at radius 2 is 2.21 bits per heavy atom. The molecular formula is C14H18N2O3. The second kappa shape index (κ2) is 6.68. The van der Waals surface area contributed by atoms with Crippen LogP contribution in [0, 0.1) is 10.1 Å². The van der Waals surface area contributed by atoms with Crippen LogP contribution in [0.3, 0.4) is 0 Å². The molecule has 0 bridgehead atoms. The Balaban J connectivity index is 3.27. The lowest BCUT2D eigenvalue weighted by atomic mass is 10.1. The van der Waals surface area contributed by atoms with Gasteiger partial charge in [0.2, 0.25) is 0 Å². The Morgan fingerprint density at radius 3 is 2.68 bits per heavy atom. The van der Waals surface area contributed by atoms with E-state index >= 15 is 0 Å². The molecule has 102 valence electrons. The molecule has 0 aliphatic heterocycles. The molecule has 0 fully saturated rings. The number of ketones is 1. The molecule has 0 heterocycles. The van der Waals surface area contributed by atoms with E-state index in [1.54, 1.807) is 12.1 Å². The summed E-state index contributed by atoms with van der Waals surface area (Å²) in [4.78, 5) is 24.0. The quantitative estimate of drug-likeness (QED) is 0.327. The summed E-state index contributed by atoms with van der Waals surface area (Å²) >= 11 is 0. The van der Waals surface area contributed by atoms with Crippen molar-refractivity contribution in [2.45, 2.75) is 20.3 Å². The van der Waals surface area contributed by atoms with Crippen molar-refractivity contribution in [3.8, 4) is 0 Å². The van der Waals surface area contributed by atoms with Crippen LogP contribution in [0.15, 0.2) is 30.9 Å². The van der Waals surface area contributed by atoms with Gasteiger partial charge < -0.3 is 4.90 Å². The van der Waals surface area contributed by atoms with Crippen molar-refractivity contribution in [3.05, 3.63) is 46.5 Å². The molecule has 0 aliphatic rings. The number of carbonyl (C=O) groups excluding carboxylic acids is 1. The van der Waals surface area contributed by atoms with Crippen molar-refractivity contribution in [1.29, 1.82) is 0 Å². The van der Waals surface area contributed by atoms with E-state index < -0.39 is 4.92 Å². The zero-order valence-corrected chi connectivity index (χ0v) is 11.3. The van der Waals surface area contributed by atoms with Crippen molar-refractivity contribution in [2.75, 3.05) is 18.0 Å². The monoisotopic (exact) mass is 262 g/mol. The molecule has 0 aliphatic carbocycles. The lowest BCUT2D eigenvalue weighted by Crippen LogP contribution is -2.25. The van der Waals surface area contributed by atoms with Crippen LogP contribution in [0.2, 0.25) is 0 Å². The number of anilines is 1. The summed E-state index contributed by atoms with van der Waals surface area (Å²) in [6, 6.07) is 4.39. The number of Topliss-reactive ketones (excluding diaryl/α,β-unsaturated/α-hetero) is 1. The molecule has 5 heteroatoms. The molecule has 5 nitrogen and oxygen atoms in total. The van der Waals surface area contributed by atoms with Crippen LogP contribution in [-0.2, 0) is 0 Å². The zero-order valence-electron chi connectivity index (χ0n) is 11.3. The summed E-state index contributed by atoms with van der Waals surface area (Å²) in [6.45, 7) is 8.52. The fourth-order valence-electron chi connectivity index (χ4n) is 1.93. The Bertz CT molecular complexity index is 497. The number of carbonyl (C=O) groups is 1. The number of nitrogens with zero attached hydrogens (tertiary/aromatic N) is 2. The number of nitro benzene ring substituents is 1. The third-order valence-electron chi connectivity index (χ3n) is 2.75. The summed E-state index contributed by atoms with van der Waals surface area (Å²) in [5, 5.41) is 10.8. The fraction of sp³-hybridized carbons (Fsp3) is 0.357. The molecule has 0 aromatic heterocycles. The van der Waals surface area contributed by atoms with Gasteiger partial charge in [0.25, 0.3) is 5.69 Å². The molecule has 1 aromatic carbocycles. The van der Waals surface area contributed by atoms with Gasteiger partial charge in [0, 0.05) is 36.5 Å². The van der Waals surface area contributed by atoms with Crippen LogP contribution in [-0.4, -0.2) is 23.8 Å². The van der Waals surface area contributed by atoms with Crippen LogP contribution in [0.1, 0.15) is 30.6 Å². The molecule has 1 aromatic rings. The molecule has 0 radical (unpaired) electrons. The van der Waals surface area contributed by atoms with Gasteiger partial charge in [-0.3, -0.25) is 14.9 Å². The molecule has 1 rings (SSSR count). The smallest absolute Gasteiger partial charge is 0.270 e. The molecular weight excluding hydrogens is 244 g/mol. The lowest BCUT2D eigenvalue weighted by Gasteiger charge is -2.24. The molecule has 19 heavy (non-hydrogen) atoms. The Morgan fingerprint density at radius 1 is 1.53 bits per heavy atom. The molecule has 0 unspecified atom stereocenters. The zero-order chi connectivity index (χ0) is 14.4. The molecule has 0 spiro atoms. The van der Waals surface area contributed by atoms with E-state index in [4.69, 9.17) is 0 Å². The average molecular weight is 262 g/mol. The Kier molecular flexibility index (Phi) is 5.23. The average Bonchev–Trinajstić information content (AvgIpc) is 2.37. The maximum absolute atomic E-state index is 11.7. The van der Waals surface area contributed by atoms with Gasteiger partial charge in [-0.05, 0) is 19.4 Å². The summed E-state index contributed by atoms with van der Waals surface area (Å²) in [6.07, 6.45) is 2.67. The highest BCUT2D eigenvalue weighted by atomic mass is 16.6. The summed E-state index contributed by atoms with van der Waals surface area (Å²) in [5.74, 6) is -0.177. The topological polar surface area (TPSA) is 63.4 Å². The SMILES string of the molecule is C=CCN(CCC)c1ccc([N+](=O)[O-])cc1C(C)=O. The van der Waals surface area contributed by atoms with E-state index in [0.717, 1.165) is 18.7 Å². The predicted molar refractivity (Wildman–Crippen MR) is 75.8 cm³/mol. The van der Waals surface area contributed by atoms with E-state index in [1.165, 1.54) is 19.1 Å². The molecule has 0 amide bonds. The predicted octanol–water partition coefficient (Wildman–Crippen LogP) is 3.20. The minimum atomic E-state index is -0.492. The fourth-order valence-corrected chi connectivity index (χ4v) is 1.93. The van der Waals surface area contributed by atoms with Crippen molar-refractivity contribution in [2.24, 2.45) is 0 Å². The standard InChI is InChI=1S/C14H18N2O3/c1-4-8-15(9-5-2)14-7-6-12(16(18)19)10-13(14)11(3)17/h4,6-7,10H,1,5,8-9H2,2-3H3. The number of rotatable bonds is 7. The van der Waals surface area contributed by atoms with Crippen molar-refractivity contribution in [1.82, 2.24) is 0 Å². The number of nitro groups is 1. The van der Waals surface area contributed by atoms with Gasteiger partial charge in [-0.15, -0.1) is 6.58 Å². The van der Waals surface area contributed by atoms with Gasteiger partial charge in [-0.1, -0.05) is 13.0 Å². The minimum absolute atomic E-state index is 0.0657. The van der Waals surface area contributed by atoms with E-state index in [9.17, 15) is 14.9 Å². The molecule has 0 saturated carbocycles. The van der Waals surface area contributed by atoms with Crippen LogP contribution in [0.4, 0.5) is 11.4 Å². The second-order valence-corrected chi connectivity index (χ2v) is 4.25. The third-order valence-corrected chi connectivity index (χ3v) is 2.75. The van der Waals surface area contributed by atoms with E-state index in [0.29, 0.717) is 12.1 Å². The largest absolute Gasteiger partial charge is 0.367 e. The number of hydrogen-bond donors (Lipinski definition) is 0. The van der Waals surface area contributed by atoms with Gasteiger partial charge in [-0.2, -0.15) is 0 Å². The highest BCUT2D eigenvalue weighted by Crippen LogP contribution is 2.26. The van der Waals surface area contributed by atoms with Crippen molar-refractivity contribution < 1.29 is 9.72 Å². The van der Waals surface area contributed by atoms with E-state index in [2.05, 4.69) is 6.58 Å². The normalized spacial score (nSPS) is 10.0. The first kappa shape index (κ1) is 14.9. The van der Waals surface area contributed by atoms with Gasteiger partial charge in [-0.25, -0.2) is 0 Å². The first-order valence-electron chi connectivity index (χ1n) is 6.16. The van der Waals surface area contributed by atoms with Gasteiger partial charge in [0.05, 0.1) is 4.92 Å². The number of benzene rings is 1. The van der Waals surface area contributed by atoms with Gasteiger partial charge >= 0.3 is 0 Å². The van der Waals surface area contributed by atoms with Crippen LogP contribution >= 0.6 is 0 Å².